The standard InChI is InChI=1S/C16H22N2O2/c19-16(20-11-12-4-2-1-3-5-12)18-15-10-14(15)13-6-8-17-9-7-13/h1-5,13-15,17H,6-11H2,(H,18,19)/t14-,15+/m1/s1. The van der Waals surface area contributed by atoms with E-state index in [9.17, 15) is 4.79 Å². The Bertz CT molecular complexity index is 443. The molecule has 2 aliphatic rings. The van der Waals surface area contributed by atoms with Crippen molar-refractivity contribution in [1.82, 2.24) is 10.6 Å². The lowest BCUT2D eigenvalue weighted by molar-refractivity contribution is 0.138. The molecule has 2 N–H and O–H groups in total. The van der Waals surface area contributed by atoms with Crippen molar-refractivity contribution in [2.24, 2.45) is 11.8 Å². The van der Waals surface area contributed by atoms with Gasteiger partial charge in [-0.3, -0.25) is 0 Å². The van der Waals surface area contributed by atoms with Crippen LogP contribution in [0, 0.1) is 11.8 Å². The van der Waals surface area contributed by atoms with Crippen LogP contribution in [0.4, 0.5) is 4.79 Å². The van der Waals surface area contributed by atoms with Gasteiger partial charge in [0.2, 0.25) is 0 Å². The average Bonchev–Trinajstić information content (AvgIpc) is 3.26. The Balaban J connectivity index is 1.37. The Hall–Kier alpha value is -1.55. The molecule has 0 radical (unpaired) electrons. The quantitative estimate of drug-likeness (QED) is 0.886. The molecule has 1 saturated heterocycles. The SMILES string of the molecule is O=C(N[C@H]1C[C@@H]1C1CCNCC1)OCc1ccccc1. The fraction of sp³-hybridized carbons (Fsp3) is 0.562. The summed E-state index contributed by atoms with van der Waals surface area (Å²) >= 11 is 0. The fourth-order valence-electron chi connectivity index (χ4n) is 3.09. The highest BCUT2D eigenvalue weighted by molar-refractivity contribution is 5.68. The summed E-state index contributed by atoms with van der Waals surface area (Å²) in [4.78, 5) is 11.7. The number of rotatable bonds is 4. The van der Waals surface area contributed by atoms with Gasteiger partial charge in [0.25, 0.3) is 0 Å². The zero-order valence-electron chi connectivity index (χ0n) is 11.7. The number of carbonyl (C=O) groups is 1. The van der Waals surface area contributed by atoms with Crippen LogP contribution in [0.2, 0.25) is 0 Å². The van der Waals surface area contributed by atoms with Crippen molar-refractivity contribution in [3.8, 4) is 0 Å². The number of piperidine rings is 1. The normalized spacial score (nSPS) is 26.0. The van der Waals surface area contributed by atoms with E-state index >= 15 is 0 Å². The first-order valence-corrected chi connectivity index (χ1v) is 7.51. The smallest absolute Gasteiger partial charge is 0.407 e. The van der Waals surface area contributed by atoms with Crippen LogP contribution >= 0.6 is 0 Å². The third-order valence-corrected chi connectivity index (χ3v) is 4.35. The van der Waals surface area contributed by atoms with Gasteiger partial charge in [-0.25, -0.2) is 4.79 Å². The molecule has 4 heteroatoms. The van der Waals surface area contributed by atoms with Crippen molar-refractivity contribution in [3.63, 3.8) is 0 Å². The fourth-order valence-corrected chi connectivity index (χ4v) is 3.09. The Morgan fingerprint density at radius 2 is 2.00 bits per heavy atom. The third kappa shape index (κ3) is 3.51. The van der Waals surface area contributed by atoms with Crippen molar-refractivity contribution < 1.29 is 9.53 Å². The molecule has 0 unspecified atom stereocenters. The lowest BCUT2D eigenvalue weighted by atomic mass is 9.93. The van der Waals surface area contributed by atoms with E-state index in [-0.39, 0.29) is 6.09 Å². The molecule has 1 aliphatic carbocycles. The highest BCUT2D eigenvalue weighted by Crippen LogP contribution is 2.41. The first kappa shape index (κ1) is 13.4. The summed E-state index contributed by atoms with van der Waals surface area (Å²) in [6.07, 6.45) is 3.31. The summed E-state index contributed by atoms with van der Waals surface area (Å²) in [7, 11) is 0. The minimum Gasteiger partial charge on any atom is -0.445 e. The Morgan fingerprint density at radius 3 is 2.75 bits per heavy atom. The van der Waals surface area contributed by atoms with Crippen LogP contribution in [0.5, 0.6) is 0 Å². The molecule has 1 aromatic rings. The molecule has 1 aromatic carbocycles. The molecule has 108 valence electrons. The molecule has 3 rings (SSSR count). The van der Waals surface area contributed by atoms with Gasteiger partial charge in [0.05, 0.1) is 0 Å². The number of nitrogens with one attached hydrogen (secondary N) is 2. The molecule has 20 heavy (non-hydrogen) atoms. The number of benzene rings is 1. The van der Waals surface area contributed by atoms with Crippen LogP contribution in [0.15, 0.2) is 30.3 Å². The maximum absolute atomic E-state index is 11.7. The molecule has 2 atom stereocenters. The van der Waals surface area contributed by atoms with Gasteiger partial charge in [-0.2, -0.15) is 0 Å². The summed E-state index contributed by atoms with van der Waals surface area (Å²) in [6, 6.07) is 10.1. The molecule has 0 bridgehead atoms. The van der Waals surface area contributed by atoms with Crippen LogP contribution in [0.1, 0.15) is 24.8 Å². The van der Waals surface area contributed by atoms with E-state index in [0.29, 0.717) is 18.6 Å². The van der Waals surface area contributed by atoms with Gasteiger partial charge < -0.3 is 15.4 Å². The van der Waals surface area contributed by atoms with Gasteiger partial charge in [0, 0.05) is 6.04 Å². The topological polar surface area (TPSA) is 50.4 Å². The van der Waals surface area contributed by atoms with Crippen LogP contribution in [-0.4, -0.2) is 25.2 Å². The van der Waals surface area contributed by atoms with E-state index < -0.39 is 0 Å². The second-order valence-corrected chi connectivity index (χ2v) is 5.80. The third-order valence-electron chi connectivity index (χ3n) is 4.35. The van der Waals surface area contributed by atoms with Gasteiger partial charge in [-0.15, -0.1) is 0 Å². The van der Waals surface area contributed by atoms with E-state index in [1.165, 1.54) is 12.8 Å². The zero-order chi connectivity index (χ0) is 13.8. The molecular formula is C16H22N2O2. The van der Waals surface area contributed by atoms with Crippen LogP contribution in [0.3, 0.4) is 0 Å². The van der Waals surface area contributed by atoms with Gasteiger partial charge in [-0.05, 0) is 49.8 Å². The summed E-state index contributed by atoms with van der Waals surface area (Å²) in [5.74, 6) is 1.44. The second kappa shape index (κ2) is 6.27. The number of carbonyl (C=O) groups excluding carboxylic acids is 1. The number of amides is 1. The van der Waals surface area contributed by atoms with Gasteiger partial charge >= 0.3 is 6.09 Å². The Morgan fingerprint density at radius 1 is 1.25 bits per heavy atom. The molecular weight excluding hydrogens is 252 g/mol. The lowest BCUT2D eigenvalue weighted by Crippen LogP contribution is -2.32. The molecule has 1 aliphatic heterocycles. The van der Waals surface area contributed by atoms with E-state index in [1.54, 1.807) is 0 Å². The molecule has 1 heterocycles. The predicted octanol–water partition coefficient (Wildman–Crippen LogP) is 2.30. The van der Waals surface area contributed by atoms with Crippen molar-refractivity contribution in [1.29, 1.82) is 0 Å². The van der Waals surface area contributed by atoms with E-state index in [4.69, 9.17) is 4.74 Å². The number of ether oxygens (including phenoxy) is 1. The molecule has 1 amide bonds. The largest absolute Gasteiger partial charge is 0.445 e. The van der Waals surface area contributed by atoms with Crippen LogP contribution < -0.4 is 10.6 Å². The van der Waals surface area contributed by atoms with Crippen LogP contribution in [-0.2, 0) is 11.3 Å². The van der Waals surface area contributed by atoms with E-state index in [0.717, 1.165) is 31.0 Å². The number of alkyl carbamates (subject to hydrolysis) is 1. The highest BCUT2D eigenvalue weighted by Gasteiger charge is 2.44. The lowest BCUT2D eigenvalue weighted by Gasteiger charge is -2.22. The second-order valence-electron chi connectivity index (χ2n) is 5.80. The van der Waals surface area contributed by atoms with Crippen molar-refractivity contribution in [3.05, 3.63) is 35.9 Å². The molecule has 0 spiro atoms. The summed E-state index contributed by atoms with van der Waals surface area (Å²) in [5.41, 5.74) is 1.02. The summed E-state index contributed by atoms with van der Waals surface area (Å²) < 4.78 is 5.25. The predicted molar refractivity (Wildman–Crippen MR) is 77.3 cm³/mol. The maximum atomic E-state index is 11.7. The Kier molecular flexibility index (Phi) is 4.21. The zero-order valence-corrected chi connectivity index (χ0v) is 11.7. The van der Waals surface area contributed by atoms with Crippen LogP contribution in [0.25, 0.3) is 0 Å². The summed E-state index contributed by atoms with van der Waals surface area (Å²) in [5, 5.41) is 6.37. The van der Waals surface area contributed by atoms with Gasteiger partial charge in [0.15, 0.2) is 0 Å². The average molecular weight is 274 g/mol. The van der Waals surface area contributed by atoms with E-state index in [1.807, 2.05) is 30.3 Å². The first-order valence-electron chi connectivity index (χ1n) is 7.51. The maximum Gasteiger partial charge on any atom is 0.407 e. The molecule has 1 saturated carbocycles. The molecule has 0 aromatic heterocycles. The number of hydrogen-bond acceptors (Lipinski definition) is 3. The van der Waals surface area contributed by atoms with Crippen molar-refractivity contribution in [2.75, 3.05) is 13.1 Å². The molecule has 4 nitrogen and oxygen atoms in total. The van der Waals surface area contributed by atoms with Gasteiger partial charge in [-0.1, -0.05) is 30.3 Å². The minimum atomic E-state index is -0.282. The monoisotopic (exact) mass is 274 g/mol. The van der Waals surface area contributed by atoms with Crippen molar-refractivity contribution >= 4 is 6.09 Å². The Labute approximate surface area is 119 Å². The van der Waals surface area contributed by atoms with Gasteiger partial charge in [0.1, 0.15) is 6.61 Å². The number of hydrogen-bond donors (Lipinski definition) is 2. The molecule has 2 fully saturated rings. The van der Waals surface area contributed by atoms with Crippen molar-refractivity contribution in [2.45, 2.75) is 31.9 Å². The first-order chi connectivity index (χ1) is 9.83. The highest BCUT2D eigenvalue weighted by atomic mass is 16.5. The minimum absolute atomic E-state index is 0.282. The van der Waals surface area contributed by atoms with E-state index in [2.05, 4.69) is 10.6 Å². The summed E-state index contributed by atoms with van der Waals surface area (Å²) in [6.45, 7) is 2.58.